The van der Waals surface area contributed by atoms with Crippen LogP contribution >= 0.6 is 11.8 Å². The lowest BCUT2D eigenvalue weighted by Crippen LogP contribution is -2.14. The first-order valence-corrected chi connectivity index (χ1v) is 9.28. The molecule has 2 aromatic heterocycles. The number of alkyl halides is 3. The van der Waals surface area contributed by atoms with Gasteiger partial charge in [-0.3, -0.25) is 9.78 Å². The second-order valence-electron chi connectivity index (χ2n) is 6.07. The van der Waals surface area contributed by atoms with Gasteiger partial charge in [0, 0.05) is 35.1 Å². The Morgan fingerprint density at radius 3 is 2.78 bits per heavy atom. The highest BCUT2D eigenvalue weighted by Gasteiger charge is 2.31. The van der Waals surface area contributed by atoms with Gasteiger partial charge in [0.2, 0.25) is 0 Å². The predicted octanol–water partition coefficient (Wildman–Crippen LogP) is 5.03. The third kappa shape index (κ3) is 3.44. The van der Waals surface area contributed by atoms with Crippen molar-refractivity contribution in [3.05, 3.63) is 71.7 Å². The zero-order valence-electron chi connectivity index (χ0n) is 14.0. The number of nitrogens with zero attached hydrogens (tertiary/aromatic N) is 2. The largest absolute Gasteiger partial charge is 0.416 e. The number of fused-ring (bicyclic) bond motifs is 1. The molecule has 8 heteroatoms. The van der Waals surface area contributed by atoms with Crippen molar-refractivity contribution in [2.24, 2.45) is 0 Å². The van der Waals surface area contributed by atoms with Crippen LogP contribution in [0.4, 0.5) is 18.9 Å². The van der Waals surface area contributed by atoms with E-state index in [-0.39, 0.29) is 5.69 Å². The molecule has 1 aliphatic rings. The molecule has 3 aromatic rings. The van der Waals surface area contributed by atoms with Gasteiger partial charge in [-0.2, -0.15) is 13.2 Å². The molecule has 1 amide bonds. The van der Waals surface area contributed by atoms with Crippen LogP contribution in [-0.4, -0.2) is 15.5 Å². The Balaban J connectivity index is 1.66. The third-order valence-electron chi connectivity index (χ3n) is 4.32. The highest BCUT2D eigenvalue weighted by atomic mass is 32.2. The van der Waals surface area contributed by atoms with Crippen LogP contribution in [-0.2, 0) is 17.8 Å². The van der Waals surface area contributed by atoms with Crippen molar-refractivity contribution in [2.45, 2.75) is 17.8 Å². The van der Waals surface area contributed by atoms with E-state index >= 15 is 0 Å². The van der Waals surface area contributed by atoms with Crippen LogP contribution in [0.1, 0.15) is 21.6 Å². The minimum atomic E-state index is -4.46. The molecule has 0 fully saturated rings. The molecule has 4 rings (SSSR count). The molecule has 0 unspecified atom stereocenters. The van der Waals surface area contributed by atoms with E-state index in [4.69, 9.17) is 0 Å². The number of amides is 1. The summed E-state index contributed by atoms with van der Waals surface area (Å²) in [6.07, 6.45) is -1.06. The van der Waals surface area contributed by atoms with Gasteiger partial charge in [0.25, 0.3) is 5.91 Å². The van der Waals surface area contributed by atoms with Crippen molar-refractivity contribution in [3.63, 3.8) is 0 Å². The second-order valence-corrected chi connectivity index (χ2v) is 7.03. The highest BCUT2D eigenvalue weighted by molar-refractivity contribution is 7.97. The van der Waals surface area contributed by atoms with Crippen LogP contribution in [0.5, 0.6) is 0 Å². The normalized spacial score (nSPS) is 13.4. The fourth-order valence-corrected chi connectivity index (χ4v) is 4.12. The van der Waals surface area contributed by atoms with Gasteiger partial charge in [0.1, 0.15) is 0 Å². The van der Waals surface area contributed by atoms with Crippen LogP contribution < -0.4 is 5.32 Å². The monoisotopic (exact) mass is 389 g/mol. The van der Waals surface area contributed by atoms with Crippen molar-refractivity contribution < 1.29 is 18.0 Å². The van der Waals surface area contributed by atoms with Gasteiger partial charge in [0.05, 0.1) is 22.7 Å². The van der Waals surface area contributed by atoms with Gasteiger partial charge >= 0.3 is 6.18 Å². The molecule has 4 nitrogen and oxygen atoms in total. The number of rotatable bonds is 3. The molecular weight excluding hydrogens is 375 g/mol. The average Bonchev–Trinajstić information content (AvgIpc) is 3.24. The number of pyridine rings is 1. The highest BCUT2D eigenvalue weighted by Crippen LogP contribution is 2.36. The molecule has 138 valence electrons. The Bertz CT molecular complexity index is 999. The molecule has 0 saturated heterocycles. The number of halogens is 3. The summed E-state index contributed by atoms with van der Waals surface area (Å²) in [6.45, 7) is 0. The molecule has 1 N–H and O–H groups in total. The average molecular weight is 389 g/mol. The number of anilines is 1. The quantitative estimate of drug-likeness (QED) is 0.684. The number of carbonyl (C=O) groups is 1. The van der Waals surface area contributed by atoms with Gasteiger partial charge < -0.3 is 9.88 Å². The summed E-state index contributed by atoms with van der Waals surface area (Å²) in [5.41, 5.74) is 2.41. The van der Waals surface area contributed by atoms with Gasteiger partial charge in [-0.05, 0) is 36.4 Å². The number of benzene rings is 1. The Hall–Kier alpha value is -2.74. The Labute approximate surface area is 157 Å². The first kappa shape index (κ1) is 17.7. The number of thioether (sulfide) groups is 1. The summed E-state index contributed by atoms with van der Waals surface area (Å²) in [7, 11) is 0. The standard InChI is InChI=1S/C19H14F3N3OS/c20-19(21,22)13-4-1-5-14(7-13)24-18(26)15-8-16(12-3-2-6-23-9-12)25-11-27-10-17(15)25/h1-9H,10-11H2,(H,24,26). The van der Waals surface area contributed by atoms with Crippen molar-refractivity contribution in [1.29, 1.82) is 0 Å². The van der Waals surface area contributed by atoms with E-state index in [1.807, 2.05) is 16.7 Å². The van der Waals surface area contributed by atoms with Crippen LogP contribution in [0.2, 0.25) is 0 Å². The minimum Gasteiger partial charge on any atom is -0.333 e. The van der Waals surface area contributed by atoms with E-state index in [1.165, 1.54) is 12.1 Å². The maximum absolute atomic E-state index is 12.9. The van der Waals surface area contributed by atoms with Crippen LogP contribution in [0.15, 0.2) is 54.9 Å². The molecule has 0 saturated carbocycles. The van der Waals surface area contributed by atoms with E-state index in [9.17, 15) is 18.0 Å². The third-order valence-corrected chi connectivity index (χ3v) is 5.24. The van der Waals surface area contributed by atoms with Crippen molar-refractivity contribution >= 4 is 23.4 Å². The molecule has 3 heterocycles. The lowest BCUT2D eigenvalue weighted by Gasteiger charge is -2.10. The second kappa shape index (κ2) is 6.77. The fraction of sp³-hybridized carbons (Fsp3) is 0.158. The van der Waals surface area contributed by atoms with E-state index in [1.54, 1.807) is 30.2 Å². The number of hydrogen-bond acceptors (Lipinski definition) is 3. The zero-order chi connectivity index (χ0) is 19.0. The van der Waals surface area contributed by atoms with E-state index in [0.717, 1.165) is 35.0 Å². The van der Waals surface area contributed by atoms with Crippen molar-refractivity contribution in [3.8, 4) is 11.3 Å². The van der Waals surface area contributed by atoms with Gasteiger partial charge in [-0.1, -0.05) is 6.07 Å². The summed E-state index contributed by atoms with van der Waals surface area (Å²) in [5.74, 6) is 0.970. The Morgan fingerprint density at radius 2 is 2.04 bits per heavy atom. The maximum Gasteiger partial charge on any atom is 0.416 e. The number of carbonyl (C=O) groups excluding carboxylic acids is 1. The summed E-state index contributed by atoms with van der Waals surface area (Å²) in [6, 6.07) is 10.1. The van der Waals surface area contributed by atoms with E-state index in [2.05, 4.69) is 10.3 Å². The van der Waals surface area contributed by atoms with Crippen molar-refractivity contribution in [2.75, 3.05) is 5.32 Å². The summed E-state index contributed by atoms with van der Waals surface area (Å²) in [5, 5.41) is 2.59. The summed E-state index contributed by atoms with van der Waals surface area (Å²) < 4.78 is 40.7. The smallest absolute Gasteiger partial charge is 0.333 e. The fourth-order valence-electron chi connectivity index (χ4n) is 3.05. The minimum absolute atomic E-state index is 0.114. The molecule has 1 aromatic carbocycles. The molecule has 1 aliphatic heterocycles. The van der Waals surface area contributed by atoms with Crippen LogP contribution in [0.3, 0.4) is 0 Å². The molecule has 0 aliphatic carbocycles. The zero-order valence-corrected chi connectivity index (χ0v) is 14.8. The van der Waals surface area contributed by atoms with Crippen LogP contribution in [0.25, 0.3) is 11.3 Å². The van der Waals surface area contributed by atoms with E-state index < -0.39 is 17.6 Å². The van der Waals surface area contributed by atoms with Crippen LogP contribution in [0, 0.1) is 0 Å². The Morgan fingerprint density at radius 1 is 1.19 bits per heavy atom. The van der Waals surface area contributed by atoms with Gasteiger partial charge in [-0.15, -0.1) is 11.8 Å². The lowest BCUT2D eigenvalue weighted by atomic mass is 10.1. The first-order chi connectivity index (χ1) is 12.9. The summed E-state index contributed by atoms with van der Waals surface area (Å²) >= 11 is 1.68. The number of hydrogen-bond donors (Lipinski definition) is 1. The lowest BCUT2D eigenvalue weighted by molar-refractivity contribution is -0.137. The van der Waals surface area contributed by atoms with Gasteiger partial charge in [0.15, 0.2) is 0 Å². The molecule has 0 bridgehead atoms. The van der Waals surface area contributed by atoms with Crippen molar-refractivity contribution in [1.82, 2.24) is 9.55 Å². The van der Waals surface area contributed by atoms with Gasteiger partial charge in [-0.25, -0.2) is 0 Å². The SMILES string of the molecule is O=C(Nc1cccc(C(F)(F)F)c1)c1cc(-c2cccnc2)n2c1CSC2. The molecule has 0 spiro atoms. The molecule has 0 atom stereocenters. The number of aromatic nitrogens is 2. The van der Waals surface area contributed by atoms with E-state index in [0.29, 0.717) is 11.3 Å². The molecular formula is C19H14F3N3OS. The maximum atomic E-state index is 12.9. The summed E-state index contributed by atoms with van der Waals surface area (Å²) in [4.78, 5) is 16.9. The first-order valence-electron chi connectivity index (χ1n) is 8.12. The molecule has 0 radical (unpaired) electrons. The predicted molar refractivity (Wildman–Crippen MR) is 98.4 cm³/mol. The molecule has 27 heavy (non-hydrogen) atoms. The Kier molecular flexibility index (Phi) is 4.43. The number of nitrogens with one attached hydrogen (secondary N) is 1. The topological polar surface area (TPSA) is 46.9 Å².